The molecule has 1 aliphatic carbocycles. The van der Waals surface area contributed by atoms with Gasteiger partial charge in [-0.2, -0.15) is 0 Å². The number of nitrogens with zero attached hydrogens (tertiary/aromatic N) is 1. The number of Topliss-reactive ketones (excluding diaryl/α,β-unsaturated/α-hetero) is 1. The highest BCUT2D eigenvalue weighted by molar-refractivity contribution is 14.1. The summed E-state index contributed by atoms with van der Waals surface area (Å²) in [5.74, 6) is 1.60. The molecule has 0 N–H and O–H groups in total. The van der Waals surface area contributed by atoms with Gasteiger partial charge in [-0.15, -0.1) is 0 Å². The first kappa shape index (κ1) is 20.5. The number of carbonyl (C=O) groups is 1. The second kappa shape index (κ2) is 8.50. The Bertz CT molecular complexity index is 1050. The quantitative estimate of drug-likeness (QED) is 0.286. The molecule has 2 nitrogen and oxygen atoms in total. The van der Waals surface area contributed by atoms with Crippen LogP contribution in [0.25, 0.3) is 10.8 Å². The monoisotopic (exact) mass is 501 g/mol. The second-order valence-electron chi connectivity index (χ2n) is 8.57. The fourth-order valence-electron chi connectivity index (χ4n) is 4.98. The molecule has 1 aliphatic rings. The van der Waals surface area contributed by atoms with Gasteiger partial charge in [0.2, 0.25) is 0 Å². The Kier molecular flexibility index (Phi) is 6.00. The van der Waals surface area contributed by atoms with Gasteiger partial charge in [0.1, 0.15) is 5.82 Å². The number of hydrogen-bond acceptors (Lipinski definition) is 2. The maximum absolute atomic E-state index is 14.3. The molecule has 1 fully saturated rings. The van der Waals surface area contributed by atoms with E-state index in [1.807, 2.05) is 24.5 Å². The topological polar surface area (TPSA) is 30.0 Å². The highest BCUT2D eigenvalue weighted by Gasteiger charge is 2.27. The summed E-state index contributed by atoms with van der Waals surface area (Å²) in [5, 5.41) is 1.19. The normalized spacial score (nSPS) is 22.0. The molecule has 0 radical (unpaired) electrons. The van der Waals surface area contributed by atoms with Crippen LogP contribution in [0.4, 0.5) is 4.39 Å². The predicted octanol–water partition coefficient (Wildman–Crippen LogP) is 6.94. The lowest BCUT2D eigenvalue weighted by molar-refractivity contribution is 0.0994. The van der Waals surface area contributed by atoms with E-state index in [0.29, 0.717) is 40.5 Å². The molecule has 2 aromatic carbocycles. The number of hydrogen-bond donors (Lipinski definition) is 0. The Morgan fingerprint density at radius 3 is 2.59 bits per heavy atom. The minimum Gasteiger partial charge on any atom is -0.294 e. The standard InChI is InChI=1S/C25H25FINO/c1-15-9-16(2)11-17(10-15)20-7-8-28-14-18(20)12-25(29)22-5-6-24(26)23-13-19(27)3-4-21(22)23/h3-8,13-17H,9-12H2,1-2H3/t15-,16+,17?. The molecule has 4 heteroatoms. The summed E-state index contributed by atoms with van der Waals surface area (Å²) in [4.78, 5) is 17.5. The highest BCUT2D eigenvalue weighted by atomic mass is 127. The van der Waals surface area contributed by atoms with Gasteiger partial charge in [0.05, 0.1) is 0 Å². The van der Waals surface area contributed by atoms with Crippen molar-refractivity contribution in [3.05, 3.63) is 74.9 Å². The van der Waals surface area contributed by atoms with Crippen LogP contribution < -0.4 is 0 Å². The third-order valence-corrected chi connectivity index (χ3v) is 6.81. The van der Waals surface area contributed by atoms with Crippen molar-refractivity contribution >= 4 is 39.1 Å². The third kappa shape index (κ3) is 4.37. The zero-order chi connectivity index (χ0) is 20.5. The lowest BCUT2D eigenvalue weighted by atomic mass is 9.73. The molecule has 1 saturated carbocycles. The number of aromatic nitrogens is 1. The van der Waals surface area contributed by atoms with Gasteiger partial charge in [-0.25, -0.2) is 4.39 Å². The van der Waals surface area contributed by atoms with Crippen LogP contribution in [0.15, 0.2) is 48.8 Å². The van der Waals surface area contributed by atoms with Crippen LogP contribution in [0.2, 0.25) is 0 Å². The van der Waals surface area contributed by atoms with Gasteiger partial charge < -0.3 is 0 Å². The molecular weight excluding hydrogens is 476 g/mol. The van der Waals surface area contributed by atoms with Gasteiger partial charge in [0, 0.05) is 33.3 Å². The van der Waals surface area contributed by atoms with E-state index in [4.69, 9.17) is 0 Å². The van der Waals surface area contributed by atoms with Crippen molar-refractivity contribution in [1.29, 1.82) is 0 Å². The van der Waals surface area contributed by atoms with E-state index in [2.05, 4.69) is 47.5 Å². The van der Waals surface area contributed by atoms with E-state index in [-0.39, 0.29) is 11.6 Å². The van der Waals surface area contributed by atoms with E-state index in [0.717, 1.165) is 22.0 Å². The lowest BCUT2D eigenvalue weighted by Gasteiger charge is -2.32. The average molecular weight is 501 g/mol. The summed E-state index contributed by atoms with van der Waals surface area (Å²) >= 11 is 2.16. The Morgan fingerprint density at radius 1 is 1.07 bits per heavy atom. The van der Waals surface area contributed by atoms with Gasteiger partial charge in [0.15, 0.2) is 5.78 Å². The van der Waals surface area contributed by atoms with Crippen LogP contribution in [-0.4, -0.2) is 10.8 Å². The zero-order valence-corrected chi connectivity index (χ0v) is 18.9. The molecule has 1 unspecified atom stereocenters. The predicted molar refractivity (Wildman–Crippen MR) is 124 cm³/mol. The Balaban J connectivity index is 1.67. The molecule has 0 saturated heterocycles. The largest absolute Gasteiger partial charge is 0.294 e. The van der Waals surface area contributed by atoms with E-state index < -0.39 is 0 Å². The van der Waals surface area contributed by atoms with Crippen molar-refractivity contribution in [3.8, 4) is 0 Å². The van der Waals surface area contributed by atoms with Crippen LogP contribution in [0.3, 0.4) is 0 Å². The van der Waals surface area contributed by atoms with Crippen molar-refractivity contribution in [2.45, 2.75) is 45.4 Å². The number of benzene rings is 2. The van der Waals surface area contributed by atoms with E-state index in [9.17, 15) is 9.18 Å². The summed E-state index contributed by atoms with van der Waals surface area (Å²) in [7, 11) is 0. The smallest absolute Gasteiger partial charge is 0.167 e. The molecular formula is C25H25FINO. The summed E-state index contributed by atoms with van der Waals surface area (Å²) < 4.78 is 15.2. The summed E-state index contributed by atoms with van der Waals surface area (Å²) in [6, 6.07) is 10.7. The Morgan fingerprint density at radius 2 is 1.83 bits per heavy atom. The molecule has 29 heavy (non-hydrogen) atoms. The van der Waals surface area contributed by atoms with Gasteiger partial charge in [-0.1, -0.05) is 19.9 Å². The molecule has 4 rings (SSSR count). The van der Waals surface area contributed by atoms with Crippen molar-refractivity contribution in [2.24, 2.45) is 11.8 Å². The maximum Gasteiger partial charge on any atom is 0.167 e. The number of rotatable bonds is 4. The first-order valence-corrected chi connectivity index (χ1v) is 11.3. The molecule has 0 bridgehead atoms. The molecule has 0 amide bonds. The van der Waals surface area contributed by atoms with Crippen molar-refractivity contribution in [1.82, 2.24) is 4.98 Å². The average Bonchev–Trinajstić information content (AvgIpc) is 2.68. The number of pyridine rings is 1. The van der Waals surface area contributed by atoms with Crippen molar-refractivity contribution in [2.75, 3.05) is 0 Å². The molecule has 1 heterocycles. The molecule has 150 valence electrons. The van der Waals surface area contributed by atoms with E-state index in [1.54, 1.807) is 12.1 Å². The third-order valence-electron chi connectivity index (χ3n) is 6.14. The van der Waals surface area contributed by atoms with Crippen LogP contribution in [0.5, 0.6) is 0 Å². The molecule has 1 aromatic heterocycles. The Labute approximate surface area is 185 Å². The second-order valence-corrected chi connectivity index (χ2v) is 9.82. The first-order chi connectivity index (χ1) is 13.9. The summed E-state index contributed by atoms with van der Waals surface area (Å²) in [6.07, 6.45) is 7.57. The molecule has 3 atom stereocenters. The van der Waals surface area contributed by atoms with Gasteiger partial charge in [-0.3, -0.25) is 9.78 Å². The first-order valence-electron chi connectivity index (χ1n) is 10.3. The summed E-state index contributed by atoms with van der Waals surface area (Å²) in [6.45, 7) is 4.64. The molecule has 0 aliphatic heterocycles. The minimum absolute atomic E-state index is 0.0161. The lowest BCUT2D eigenvalue weighted by Crippen LogP contribution is -2.20. The fraction of sp³-hybridized carbons (Fsp3) is 0.360. The number of carbonyl (C=O) groups excluding carboxylic acids is 1. The van der Waals surface area contributed by atoms with E-state index in [1.165, 1.54) is 18.1 Å². The molecule has 3 aromatic rings. The van der Waals surface area contributed by atoms with Crippen molar-refractivity contribution in [3.63, 3.8) is 0 Å². The van der Waals surface area contributed by atoms with Crippen LogP contribution >= 0.6 is 22.6 Å². The van der Waals surface area contributed by atoms with Gasteiger partial charge >= 0.3 is 0 Å². The number of fused-ring (bicyclic) bond motifs is 1. The fourth-order valence-corrected chi connectivity index (χ4v) is 5.47. The highest BCUT2D eigenvalue weighted by Crippen LogP contribution is 2.40. The van der Waals surface area contributed by atoms with Crippen LogP contribution in [-0.2, 0) is 6.42 Å². The van der Waals surface area contributed by atoms with Crippen molar-refractivity contribution < 1.29 is 9.18 Å². The number of halogens is 2. The van der Waals surface area contributed by atoms with E-state index >= 15 is 0 Å². The zero-order valence-electron chi connectivity index (χ0n) is 16.8. The number of ketones is 1. The van der Waals surface area contributed by atoms with Gasteiger partial charge in [0.25, 0.3) is 0 Å². The maximum atomic E-state index is 14.3. The van der Waals surface area contributed by atoms with Crippen LogP contribution in [0, 0.1) is 21.2 Å². The Hall–Kier alpha value is -1.82. The molecule has 0 spiro atoms. The summed E-state index contributed by atoms with van der Waals surface area (Å²) in [5.41, 5.74) is 2.84. The SMILES string of the molecule is C[C@@H]1CC(c2ccncc2CC(=O)c2ccc(F)c3cc(I)ccc23)C[C@H](C)C1. The minimum atomic E-state index is -0.290. The van der Waals surface area contributed by atoms with Gasteiger partial charge in [-0.05, 0) is 106 Å². The van der Waals surface area contributed by atoms with Crippen LogP contribution in [0.1, 0.15) is 60.5 Å².